The number of hydrogen-bond acceptors (Lipinski definition) is 2. The molecule has 1 unspecified atom stereocenters. The molecule has 1 aromatic rings. The number of nitrogens with zero attached hydrogens (tertiary/aromatic N) is 2. The number of imidazole rings is 1. The Labute approximate surface area is 104 Å². The van der Waals surface area contributed by atoms with Gasteiger partial charge in [0, 0.05) is 18.8 Å². The molecule has 2 N–H and O–H groups in total. The van der Waals surface area contributed by atoms with Gasteiger partial charge in [0.25, 0.3) is 0 Å². The largest absolute Gasteiger partial charge is 0.333 e. The van der Waals surface area contributed by atoms with E-state index < -0.39 is 0 Å². The minimum atomic E-state index is 0.0995. The molecule has 1 fully saturated rings. The van der Waals surface area contributed by atoms with Gasteiger partial charge in [0.2, 0.25) is 0 Å². The Kier molecular flexibility index (Phi) is 3.57. The lowest BCUT2D eigenvalue weighted by molar-refractivity contribution is 0.273. The molecule has 2 rings (SSSR count). The van der Waals surface area contributed by atoms with E-state index in [1.165, 1.54) is 31.4 Å². The van der Waals surface area contributed by atoms with Crippen LogP contribution in [0.25, 0.3) is 0 Å². The summed E-state index contributed by atoms with van der Waals surface area (Å²) in [5.74, 6) is 0.460. The van der Waals surface area contributed by atoms with Gasteiger partial charge in [-0.2, -0.15) is 0 Å². The Balaban J connectivity index is 2.14. The second-order valence-electron chi connectivity index (χ2n) is 6.23. The van der Waals surface area contributed by atoms with Gasteiger partial charge in [0.15, 0.2) is 0 Å². The quantitative estimate of drug-likeness (QED) is 0.871. The lowest BCUT2D eigenvalue weighted by atomic mass is 9.88. The van der Waals surface area contributed by atoms with Gasteiger partial charge in [-0.1, -0.05) is 33.6 Å². The first-order chi connectivity index (χ1) is 8.02. The predicted molar refractivity (Wildman–Crippen MR) is 70.6 cm³/mol. The molecule has 0 amide bonds. The van der Waals surface area contributed by atoms with Crippen LogP contribution in [0.5, 0.6) is 0 Å². The second-order valence-corrected chi connectivity index (χ2v) is 6.23. The van der Waals surface area contributed by atoms with E-state index in [0.717, 1.165) is 6.54 Å². The average molecular weight is 235 g/mol. The molecule has 0 radical (unpaired) electrons. The van der Waals surface area contributed by atoms with Crippen molar-refractivity contribution >= 4 is 0 Å². The smallest absolute Gasteiger partial charge is 0.0948 e. The van der Waals surface area contributed by atoms with Gasteiger partial charge in [-0.15, -0.1) is 0 Å². The lowest BCUT2D eigenvalue weighted by Crippen LogP contribution is -2.25. The minimum Gasteiger partial charge on any atom is -0.333 e. The van der Waals surface area contributed by atoms with E-state index >= 15 is 0 Å². The molecule has 0 spiro atoms. The Morgan fingerprint density at radius 2 is 2.06 bits per heavy atom. The zero-order valence-corrected chi connectivity index (χ0v) is 11.3. The maximum atomic E-state index is 6.24. The molecule has 0 aromatic carbocycles. The van der Waals surface area contributed by atoms with Crippen molar-refractivity contribution in [2.75, 3.05) is 0 Å². The van der Waals surface area contributed by atoms with Crippen LogP contribution in [0.2, 0.25) is 0 Å². The summed E-state index contributed by atoms with van der Waals surface area (Å²) in [5.41, 5.74) is 7.88. The van der Waals surface area contributed by atoms with Gasteiger partial charge in [-0.3, -0.25) is 0 Å². The topological polar surface area (TPSA) is 43.8 Å². The molecular weight excluding hydrogens is 210 g/mol. The highest BCUT2D eigenvalue weighted by atomic mass is 15.1. The van der Waals surface area contributed by atoms with E-state index in [-0.39, 0.29) is 6.04 Å². The van der Waals surface area contributed by atoms with Crippen molar-refractivity contribution in [3.63, 3.8) is 0 Å². The molecule has 0 aliphatic heterocycles. The van der Waals surface area contributed by atoms with E-state index in [1.54, 1.807) is 0 Å². The van der Waals surface area contributed by atoms with Gasteiger partial charge in [0.1, 0.15) is 0 Å². The summed E-state index contributed by atoms with van der Waals surface area (Å²) in [6.07, 6.45) is 9.29. The third kappa shape index (κ3) is 2.71. The van der Waals surface area contributed by atoms with Crippen LogP contribution in [0.3, 0.4) is 0 Å². The van der Waals surface area contributed by atoms with Crippen LogP contribution in [0.15, 0.2) is 12.5 Å². The highest BCUT2D eigenvalue weighted by Gasteiger charge is 2.30. The van der Waals surface area contributed by atoms with Crippen LogP contribution in [-0.4, -0.2) is 9.55 Å². The standard InChI is InChI=1S/C14H25N3/c1-11(2)13(15)12-8-16-10-17(12)9-14(3)6-4-5-7-14/h8,10-11,13H,4-7,9,15H2,1-3H3. The number of hydrogen-bond donors (Lipinski definition) is 1. The second kappa shape index (κ2) is 4.81. The van der Waals surface area contributed by atoms with Gasteiger partial charge >= 0.3 is 0 Å². The molecule has 0 saturated heterocycles. The van der Waals surface area contributed by atoms with E-state index in [2.05, 4.69) is 30.3 Å². The third-order valence-corrected chi connectivity index (χ3v) is 4.17. The van der Waals surface area contributed by atoms with Crippen LogP contribution < -0.4 is 5.73 Å². The van der Waals surface area contributed by atoms with Crippen molar-refractivity contribution in [3.05, 3.63) is 18.2 Å². The normalized spacial score (nSPS) is 21.0. The van der Waals surface area contributed by atoms with Crippen molar-refractivity contribution in [2.24, 2.45) is 17.1 Å². The molecule has 17 heavy (non-hydrogen) atoms. The molecule has 96 valence electrons. The molecule has 3 nitrogen and oxygen atoms in total. The summed E-state index contributed by atoms with van der Waals surface area (Å²) in [7, 11) is 0. The number of nitrogens with two attached hydrogens (primary N) is 1. The summed E-state index contributed by atoms with van der Waals surface area (Å²) in [5, 5.41) is 0. The van der Waals surface area contributed by atoms with Crippen molar-refractivity contribution in [2.45, 2.75) is 59.0 Å². The fourth-order valence-corrected chi connectivity index (χ4v) is 2.88. The highest BCUT2D eigenvalue weighted by molar-refractivity contribution is 5.06. The fourth-order valence-electron chi connectivity index (χ4n) is 2.88. The molecule has 3 heteroatoms. The Bertz CT molecular complexity index is 361. The molecule has 1 aromatic heterocycles. The summed E-state index contributed by atoms with van der Waals surface area (Å²) in [6, 6.07) is 0.0995. The van der Waals surface area contributed by atoms with Crippen LogP contribution in [0, 0.1) is 11.3 Å². The van der Waals surface area contributed by atoms with E-state index in [1.807, 2.05) is 12.5 Å². The summed E-state index contributed by atoms with van der Waals surface area (Å²) in [6.45, 7) is 7.80. The third-order valence-electron chi connectivity index (χ3n) is 4.17. The van der Waals surface area contributed by atoms with Crippen molar-refractivity contribution in [1.29, 1.82) is 0 Å². The van der Waals surface area contributed by atoms with Gasteiger partial charge in [0.05, 0.1) is 12.0 Å². The number of rotatable bonds is 4. The SMILES string of the molecule is CC(C)C(N)c1cncn1CC1(C)CCCC1. The Hall–Kier alpha value is -0.830. The van der Waals surface area contributed by atoms with E-state index in [4.69, 9.17) is 5.73 Å². The molecular formula is C14H25N3. The van der Waals surface area contributed by atoms with Crippen LogP contribution in [0.1, 0.15) is 58.2 Å². The van der Waals surface area contributed by atoms with E-state index in [0.29, 0.717) is 11.3 Å². The Morgan fingerprint density at radius 3 is 2.65 bits per heavy atom. The zero-order valence-electron chi connectivity index (χ0n) is 11.3. The average Bonchev–Trinajstić information content (AvgIpc) is 2.87. The molecule has 1 aliphatic rings. The fraction of sp³-hybridized carbons (Fsp3) is 0.786. The predicted octanol–water partition coefficient (Wildman–Crippen LogP) is 3.12. The molecule has 1 saturated carbocycles. The maximum Gasteiger partial charge on any atom is 0.0948 e. The highest BCUT2D eigenvalue weighted by Crippen LogP contribution is 2.39. The van der Waals surface area contributed by atoms with Gasteiger partial charge in [-0.05, 0) is 24.2 Å². The van der Waals surface area contributed by atoms with Gasteiger partial charge in [-0.25, -0.2) is 4.98 Å². The molecule has 0 bridgehead atoms. The molecule has 1 aliphatic carbocycles. The van der Waals surface area contributed by atoms with Gasteiger partial charge < -0.3 is 10.3 Å². The summed E-state index contributed by atoms with van der Waals surface area (Å²) >= 11 is 0. The first-order valence-corrected chi connectivity index (χ1v) is 6.77. The maximum absolute atomic E-state index is 6.24. The van der Waals surface area contributed by atoms with Crippen molar-refractivity contribution < 1.29 is 0 Å². The Morgan fingerprint density at radius 1 is 1.41 bits per heavy atom. The number of aromatic nitrogens is 2. The molecule has 1 heterocycles. The lowest BCUT2D eigenvalue weighted by Gasteiger charge is -2.27. The van der Waals surface area contributed by atoms with Crippen LogP contribution >= 0.6 is 0 Å². The first kappa shape index (κ1) is 12.6. The summed E-state index contributed by atoms with van der Waals surface area (Å²) < 4.78 is 2.27. The van der Waals surface area contributed by atoms with Crippen LogP contribution in [-0.2, 0) is 6.54 Å². The molecule has 1 atom stereocenters. The van der Waals surface area contributed by atoms with Crippen molar-refractivity contribution in [3.8, 4) is 0 Å². The summed E-state index contributed by atoms with van der Waals surface area (Å²) in [4.78, 5) is 4.28. The first-order valence-electron chi connectivity index (χ1n) is 6.77. The van der Waals surface area contributed by atoms with Crippen molar-refractivity contribution in [1.82, 2.24) is 9.55 Å². The minimum absolute atomic E-state index is 0.0995. The van der Waals surface area contributed by atoms with Crippen LogP contribution in [0.4, 0.5) is 0 Å². The zero-order chi connectivity index (χ0) is 12.5. The van der Waals surface area contributed by atoms with E-state index in [9.17, 15) is 0 Å². The monoisotopic (exact) mass is 235 g/mol.